The molecule has 1 atom stereocenters. The fourth-order valence-corrected chi connectivity index (χ4v) is 1.47. The quantitative estimate of drug-likeness (QED) is 0.802. The van der Waals surface area contributed by atoms with Crippen LogP contribution in [-0.2, 0) is 11.2 Å². The van der Waals surface area contributed by atoms with Gasteiger partial charge in [-0.15, -0.1) is 0 Å². The van der Waals surface area contributed by atoms with Crippen LogP contribution in [0.4, 0.5) is 0 Å². The third-order valence-electron chi connectivity index (χ3n) is 2.47. The molecule has 0 aromatic heterocycles. The van der Waals surface area contributed by atoms with Crippen LogP contribution < -0.4 is 15.2 Å². The van der Waals surface area contributed by atoms with E-state index in [4.69, 9.17) is 20.3 Å². The van der Waals surface area contributed by atoms with Crippen LogP contribution in [0.3, 0.4) is 0 Å². The van der Waals surface area contributed by atoms with Crippen molar-refractivity contribution in [3.8, 4) is 11.5 Å². The maximum Gasteiger partial charge on any atom is 0.323 e. The zero-order valence-electron chi connectivity index (χ0n) is 10.2. The number of hydrogen-bond acceptors (Lipinski definition) is 4. The highest BCUT2D eigenvalue weighted by atomic mass is 16.5. The summed E-state index contributed by atoms with van der Waals surface area (Å²) in [4.78, 5) is 10.9. The molecule has 1 aromatic rings. The lowest BCUT2D eigenvalue weighted by Gasteiger charge is -2.19. The first-order valence-electron chi connectivity index (χ1n) is 5.13. The predicted octanol–water partition coefficient (Wildman–Crippen LogP) is 1.05. The number of carbonyl (C=O) groups is 1. The molecule has 0 spiro atoms. The van der Waals surface area contributed by atoms with E-state index in [-0.39, 0.29) is 6.42 Å². The molecule has 0 heterocycles. The molecule has 3 N–H and O–H groups in total. The first-order valence-corrected chi connectivity index (χ1v) is 5.13. The first kappa shape index (κ1) is 13.3. The SMILES string of the molecule is COc1cc(C[C@@](C)(N)C(=O)O)cc(OC)c1. The minimum absolute atomic E-state index is 0.204. The van der Waals surface area contributed by atoms with Gasteiger partial charge in [0.15, 0.2) is 0 Å². The second kappa shape index (κ2) is 5.05. The molecule has 5 nitrogen and oxygen atoms in total. The molecule has 0 radical (unpaired) electrons. The van der Waals surface area contributed by atoms with Crippen LogP contribution in [0.5, 0.6) is 11.5 Å². The Morgan fingerprint density at radius 1 is 1.29 bits per heavy atom. The summed E-state index contributed by atoms with van der Waals surface area (Å²) in [5.41, 5.74) is 5.14. The zero-order chi connectivity index (χ0) is 13.1. The summed E-state index contributed by atoms with van der Waals surface area (Å²) in [6.45, 7) is 1.47. The molecule has 5 heteroatoms. The van der Waals surface area contributed by atoms with Gasteiger partial charge in [-0.3, -0.25) is 4.79 Å². The van der Waals surface area contributed by atoms with Crippen LogP contribution in [0.2, 0.25) is 0 Å². The van der Waals surface area contributed by atoms with Gasteiger partial charge in [0.25, 0.3) is 0 Å². The Bertz CT molecular complexity index is 393. The van der Waals surface area contributed by atoms with Crippen molar-refractivity contribution in [1.82, 2.24) is 0 Å². The van der Waals surface area contributed by atoms with Crippen LogP contribution in [0.1, 0.15) is 12.5 Å². The highest BCUT2D eigenvalue weighted by molar-refractivity contribution is 5.78. The number of nitrogens with two attached hydrogens (primary N) is 1. The molecule has 0 aliphatic heterocycles. The number of hydrogen-bond donors (Lipinski definition) is 2. The van der Waals surface area contributed by atoms with E-state index in [2.05, 4.69) is 0 Å². The predicted molar refractivity (Wildman–Crippen MR) is 63.5 cm³/mol. The number of carboxylic acid groups (broad SMARTS) is 1. The molecule has 0 saturated carbocycles. The van der Waals surface area contributed by atoms with Gasteiger partial charge in [0.1, 0.15) is 17.0 Å². The Labute approximate surface area is 100 Å². The number of methoxy groups -OCH3 is 2. The van der Waals surface area contributed by atoms with E-state index in [0.29, 0.717) is 11.5 Å². The van der Waals surface area contributed by atoms with Crippen LogP contribution in [-0.4, -0.2) is 30.8 Å². The Hall–Kier alpha value is -1.75. The highest BCUT2D eigenvalue weighted by Gasteiger charge is 2.28. The van der Waals surface area contributed by atoms with E-state index in [9.17, 15) is 4.79 Å². The summed E-state index contributed by atoms with van der Waals surface area (Å²) in [5.74, 6) is 0.181. The van der Waals surface area contributed by atoms with Gasteiger partial charge in [-0.1, -0.05) is 0 Å². The largest absolute Gasteiger partial charge is 0.497 e. The summed E-state index contributed by atoms with van der Waals surface area (Å²) in [6.07, 6.45) is 0.204. The van der Waals surface area contributed by atoms with Gasteiger partial charge in [-0.2, -0.15) is 0 Å². The van der Waals surface area contributed by atoms with E-state index in [1.165, 1.54) is 21.1 Å². The number of carboxylic acids is 1. The molecule has 0 unspecified atom stereocenters. The lowest BCUT2D eigenvalue weighted by Crippen LogP contribution is -2.46. The van der Waals surface area contributed by atoms with Gasteiger partial charge in [0.2, 0.25) is 0 Å². The molecule has 94 valence electrons. The van der Waals surface area contributed by atoms with Crippen molar-refractivity contribution >= 4 is 5.97 Å². The van der Waals surface area contributed by atoms with Crippen molar-refractivity contribution in [3.05, 3.63) is 23.8 Å². The van der Waals surface area contributed by atoms with Gasteiger partial charge in [-0.05, 0) is 24.6 Å². The van der Waals surface area contributed by atoms with E-state index in [1.54, 1.807) is 18.2 Å². The van der Waals surface area contributed by atoms with E-state index >= 15 is 0 Å². The minimum atomic E-state index is -1.31. The van der Waals surface area contributed by atoms with Crippen molar-refractivity contribution in [1.29, 1.82) is 0 Å². The Balaban J connectivity index is 3.02. The van der Waals surface area contributed by atoms with Crippen LogP contribution in [0.15, 0.2) is 18.2 Å². The van der Waals surface area contributed by atoms with Crippen molar-refractivity contribution in [2.75, 3.05) is 14.2 Å². The molecule has 0 aliphatic carbocycles. The molecule has 1 aromatic carbocycles. The Morgan fingerprint density at radius 2 is 1.76 bits per heavy atom. The van der Waals surface area contributed by atoms with Crippen LogP contribution >= 0.6 is 0 Å². The summed E-state index contributed by atoms with van der Waals surface area (Å²) in [7, 11) is 3.08. The number of ether oxygens (including phenoxy) is 2. The van der Waals surface area contributed by atoms with E-state index in [1.807, 2.05) is 0 Å². The standard InChI is InChI=1S/C12H17NO4/c1-12(13,11(14)15)7-8-4-9(16-2)6-10(5-8)17-3/h4-6H,7,13H2,1-3H3,(H,14,15)/t12-/m1/s1. The summed E-state index contributed by atoms with van der Waals surface area (Å²) < 4.78 is 10.2. The molecule has 0 bridgehead atoms. The van der Waals surface area contributed by atoms with Gasteiger partial charge in [0.05, 0.1) is 14.2 Å². The van der Waals surface area contributed by atoms with Gasteiger partial charge >= 0.3 is 5.97 Å². The van der Waals surface area contributed by atoms with Crippen LogP contribution in [0, 0.1) is 0 Å². The van der Waals surface area contributed by atoms with Crippen molar-refractivity contribution < 1.29 is 19.4 Å². The van der Waals surface area contributed by atoms with Gasteiger partial charge in [-0.25, -0.2) is 0 Å². The smallest absolute Gasteiger partial charge is 0.323 e. The molecule has 0 aliphatic rings. The summed E-state index contributed by atoms with van der Waals surface area (Å²) in [5, 5.41) is 8.97. The van der Waals surface area contributed by atoms with Crippen molar-refractivity contribution in [2.24, 2.45) is 5.73 Å². The molecular weight excluding hydrogens is 222 g/mol. The molecule has 0 fully saturated rings. The van der Waals surface area contributed by atoms with E-state index < -0.39 is 11.5 Å². The molecule has 1 rings (SSSR count). The first-order chi connectivity index (χ1) is 7.89. The second-order valence-corrected chi connectivity index (χ2v) is 4.12. The summed E-state index contributed by atoms with van der Waals surface area (Å²) >= 11 is 0. The fourth-order valence-electron chi connectivity index (χ4n) is 1.47. The maximum atomic E-state index is 10.9. The lowest BCUT2D eigenvalue weighted by atomic mass is 9.94. The number of benzene rings is 1. The van der Waals surface area contributed by atoms with Crippen LogP contribution in [0.25, 0.3) is 0 Å². The van der Waals surface area contributed by atoms with E-state index in [0.717, 1.165) is 5.56 Å². The Morgan fingerprint density at radius 3 is 2.12 bits per heavy atom. The number of rotatable bonds is 5. The fraction of sp³-hybridized carbons (Fsp3) is 0.417. The second-order valence-electron chi connectivity index (χ2n) is 4.12. The molecular formula is C12H17NO4. The average Bonchev–Trinajstić information content (AvgIpc) is 2.27. The minimum Gasteiger partial charge on any atom is -0.497 e. The average molecular weight is 239 g/mol. The number of aliphatic carboxylic acids is 1. The third kappa shape index (κ3) is 3.35. The Kier molecular flexibility index (Phi) is 3.96. The molecule has 0 saturated heterocycles. The monoisotopic (exact) mass is 239 g/mol. The summed E-state index contributed by atoms with van der Waals surface area (Å²) in [6, 6.07) is 5.21. The van der Waals surface area contributed by atoms with Gasteiger partial charge < -0.3 is 20.3 Å². The highest BCUT2D eigenvalue weighted by Crippen LogP contribution is 2.24. The zero-order valence-corrected chi connectivity index (χ0v) is 10.2. The normalized spacial score (nSPS) is 13.9. The van der Waals surface area contributed by atoms with Crippen molar-refractivity contribution in [2.45, 2.75) is 18.9 Å². The third-order valence-corrected chi connectivity index (χ3v) is 2.47. The lowest BCUT2D eigenvalue weighted by molar-refractivity contribution is -0.142. The topological polar surface area (TPSA) is 81.8 Å². The van der Waals surface area contributed by atoms with Gasteiger partial charge in [0, 0.05) is 12.5 Å². The molecule has 17 heavy (non-hydrogen) atoms. The van der Waals surface area contributed by atoms with Crippen molar-refractivity contribution in [3.63, 3.8) is 0 Å². The molecule has 0 amide bonds. The maximum absolute atomic E-state index is 10.9.